The van der Waals surface area contributed by atoms with E-state index in [1.807, 2.05) is 19.1 Å². The van der Waals surface area contributed by atoms with Crippen LogP contribution in [0.4, 0.5) is 0 Å². The molecule has 0 N–H and O–H groups in total. The van der Waals surface area contributed by atoms with Crippen LogP contribution >= 0.6 is 12.4 Å². The second-order valence-corrected chi connectivity index (χ2v) is 5.69. The Labute approximate surface area is 153 Å². The molecule has 0 atom stereocenters. The maximum Gasteiger partial charge on any atom is 0.374 e. The Morgan fingerprint density at radius 3 is 2.64 bits per heavy atom. The van der Waals surface area contributed by atoms with Crippen LogP contribution in [-0.2, 0) is 4.74 Å². The van der Waals surface area contributed by atoms with Crippen molar-refractivity contribution in [2.24, 2.45) is 0 Å². The van der Waals surface area contributed by atoms with Gasteiger partial charge in [-0.3, -0.25) is 0 Å². The number of esters is 1. The summed E-state index contributed by atoms with van der Waals surface area (Å²) in [5.41, 5.74) is 1.30. The van der Waals surface area contributed by atoms with Crippen LogP contribution in [0.3, 0.4) is 0 Å². The van der Waals surface area contributed by atoms with Crippen LogP contribution in [0, 0.1) is 6.92 Å². The van der Waals surface area contributed by atoms with Crippen LogP contribution in [-0.4, -0.2) is 50.3 Å². The minimum absolute atomic E-state index is 0. The Morgan fingerprint density at radius 2 is 1.92 bits per heavy atom. The summed E-state index contributed by atoms with van der Waals surface area (Å²) in [5, 5.41) is 0.843. The zero-order valence-corrected chi connectivity index (χ0v) is 15.6. The van der Waals surface area contributed by atoms with Gasteiger partial charge in [0.1, 0.15) is 19.8 Å². The molecule has 0 unspecified atom stereocenters. The molecule has 138 valence electrons. The van der Waals surface area contributed by atoms with Gasteiger partial charge in [0, 0.05) is 17.5 Å². The Morgan fingerprint density at radius 1 is 1.20 bits per heavy atom. The van der Waals surface area contributed by atoms with E-state index in [-0.39, 0.29) is 18.2 Å². The van der Waals surface area contributed by atoms with E-state index in [0.29, 0.717) is 43.4 Å². The van der Waals surface area contributed by atoms with E-state index in [1.165, 1.54) is 0 Å². The van der Waals surface area contributed by atoms with Crippen molar-refractivity contribution in [1.29, 1.82) is 0 Å². The monoisotopic (exact) mass is 369 g/mol. The Bertz CT molecular complexity index is 739. The normalized spacial score (nSPS) is 13.0. The molecule has 7 heteroatoms. The van der Waals surface area contributed by atoms with Crippen LogP contribution in [0.5, 0.6) is 11.5 Å². The fraction of sp³-hybridized carbons (Fsp3) is 0.500. The molecular weight excluding hydrogens is 346 g/mol. The molecule has 0 saturated heterocycles. The highest BCUT2D eigenvalue weighted by Gasteiger charge is 2.24. The Hall–Kier alpha value is -1.92. The van der Waals surface area contributed by atoms with Gasteiger partial charge in [-0.2, -0.15) is 0 Å². The predicted octanol–water partition coefficient (Wildman–Crippen LogP) is 3.43. The number of furan rings is 1. The van der Waals surface area contributed by atoms with Crippen LogP contribution in [0.25, 0.3) is 11.0 Å². The SMILES string of the molecule is CCN(CC)CCOC(=O)c1oc2c3c(ccc2c1C)OCCO3.Cl. The number of likely N-dealkylation sites (N-methyl/N-ethyl adjacent to an activating group) is 1. The lowest BCUT2D eigenvalue weighted by molar-refractivity contribution is 0.0432. The van der Waals surface area contributed by atoms with Crippen molar-refractivity contribution >= 4 is 29.3 Å². The number of ether oxygens (including phenoxy) is 3. The van der Waals surface area contributed by atoms with E-state index < -0.39 is 5.97 Å². The summed E-state index contributed by atoms with van der Waals surface area (Å²) in [6, 6.07) is 3.73. The van der Waals surface area contributed by atoms with E-state index in [0.717, 1.165) is 24.0 Å². The van der Waals surface area contributed by atoms with Gasteiger partial charge in [0.2, 0.25) is 11.5 Å². The Kier molecular flexibility index (Phi) is 6.56. The minimum Gasteiger partial charge on any atom is -0.486 e. The summed E-state index contributed by atoms with van der Waals surface area (Å²) in [6.45, 7) is 9.91. The molecule has 1 aromatic carbocycles. The number of fused-ring (bicyclic) bond motifs is 3. The quantitative estimate of drug-likeness (QED) is 0.727. The van der Waals surface area contributed by atoms with Crippen LogP contribution < -0.4 is 9.47 Å². The second kappa shape index (κ2) is 8.45. The van der Waals surface area contributed by atoms with Gasteiger partial charge >= 0.3 is 5.97 Å². The maximum atomic E-state index is 12.4. The second-order valence-electron chi connectivity index (χ2n) is 5.69. The predicted molar refractivity (Wildman–Crippen MR) is 97.3 cm³/mol. The van der Waals surface area contributed by atoms with Gasteiger partial charge < -0.3 is 23.5 Å². The first-order valence-corrected chi connectivity index (χ1v) is 8.36. The van der Waals surface area contributed by atoms with Gasteiger partial charge in [-0.25, -0.2) is 4.79 Å². The van der Waals surface area contributed by atoms with E-state index >= 15 is 0 Å². The molecule has 0 saturated carbocycles. The largest absolute Gasteiger partial charge is 0.486 e. The number of aryl methyl sites for hydroxylation is 1. The zero-order valence-electron chi connectivity index (χ0n) is 14.8. The average Bonchev–Trinajstić information content (AvgIpc) is 2.96. The lowest BCUT2D eigenvalue weighted by atomic mass is 10.1. The number of carbonyl (C=O) groups excluding carboxylic acids is 1. The number of hydrogen-bond acceptors (Lipinski definition) is 6. The lowest BCUT2D eigenvalue weighted by Gasteiger charge is -2.17. The highest BCUT2D eigenvalue weighted by atomic mass is 35.5. The summed E-state index contributed by atoms with van der Waals surface area (Å²) >= 11 is 0. The third-order valence-corrected chi connectivity index (χ3v) is 4.33. The molecule has 3 rings (SSSR count). The average molecular weight is 370 g/mol. The van der Waals surface area contributed by atoms with E-state index in [4.69, 9.17) is 18.6 Å². The molecule has 0 spiro atoms. The summed E-state index contributed by atoms with van der Waals surface area (Å²) in [5.74, 6) is 0.987. The lowest BCUT2D eigenvalue weighted by Crippen LogP contribution is -2.27. The first-order valence-electron chi connectivity index (χ1n) is 8.36. The number of rotatable bonds is 6. The Balaban J connectivity index is 0.00000225. The number of benzene rings is 1. The smallest absolute Gasteiger partial charge is 0.374 e. The van der Waals surface area contributed by atoms with Crippen LogP contribution in [0.1, 0.15) is 30.0 Å². The number of nitrogens with zero attached hydrogens (tertiary/aromatic N) is 1. The van der Waals surface area contributed by atoms with E-state index in [9.17, 15) is 4.79 Å². The molecule has 0 radical (unpaired) electrons. The number of hydrogen-bond donors (Lipinski definition) is 0. The van der Waals surface area contributed by atoms with Crippen molar-refractivity contribution in [1.82, 2.24) is 4.90 Å². The molecule has 0 fully saturated rings. The first-order chi connectivity index (χ1) is 11.7. The molecule has 2 aromatic rings. The molecule has 0 aliphatic carbocycles. The van der Waals surface area contributed by atoms with Crippen molar-refractivity contribution in [2.45, 2.75) is 20.8 Å². The van der Waals surface area contributed by atoms with Gasteiger partial charge in [0.25, 0.3) is 0 Å². The highest BCUT2D eigenvalue weighted by molar-refractivity contribution is 5.98. The summed E-state index contributed by atoms with van der Waals surface area (Å²) in [4.78, 5) is 14.5. The van der Waals surface area contributed by atoms with Crippen molar-refractivity contribution in [3.8, 4) is 11.5 Å². The molecule has 6 nitrogen and oxygen atoms in total. The van der Waals surface area contributed by atoms with Gasteiger partial charge in [-0.15, -0.1) is 12.4 Å². The molecule has 1 aliphatic heterocycles. The molecule has 2 heterocycles. The van der Waals surface area contributed by atoms with Gasteiger partial charge in [0.05, 0.1) is 0 Å². The van der Waals surface area contributed by atoms with E-state index in [1.54, 1.807) is 0 Å². The first kappa shape index (κ1) is 19.4. The van der Waals surface area contributed by atoms with Crippen molar-refractivity contribution in [2.75, 3.05) is 39.5 Å². The summed E-state index contributed by atoms with van der Waals surface area (Å²) in [6.07, 6.45) is 0. The van der Waals surface area contributed by atoms with Gasteiger partial charge in [-0.1, -0.05) is 13.8 Å². The molecular formula is C18H24ClNO5. The fourth-order valence-corrected chi connectivity index (χ4v) is 2.86. The van der Waals surface area contributed by atoms with E-state index in [2.05, 4.69) is 18.7 Å². The van der Waals surface area contributed by atoms with Gasteiger partial charge in [-0.05, 0) is 32.1 Å². The third-order valence-electron chi connectivity index (χ3n) is 4.33. The molecule has 1 aromatic heterocycles. The molecule has 0 amide bonds. The summed E-state index contributed by atoms with van der Waals surface area (Å²) < 4.78 is 22.3. The van der Waals surface area contributed by atoms with Crippen LogP contribution in [0.15, 0.2) is 16.5 Å². The number of halogens is 1. The molecule has 1 aliphatic rings. The maximum absolute atomic E-state index is 12.4. The topological polar surface area (TPSA) is 61.1 Å². The van der Waals surface area contributed by atoms with Crippen LogP contribution in [0.2, 0.25) is 0 Å². The number of carbonyl (C=O) groups is 1. The van der Waals surface area contributed by atoms with Crippen molar-refractivity contribution < 1.29 is 23.4 Å². The molecule has 25 heavy (non-hydrogen) atoms. The highest BCUT2D eigenvalue weighted by Crippen LogP contribution is 2.40. The standard InChI is InChI=1S/C18H23NO5.ClH/c1-4-19(5-2)8-9-23-18(20)15-12(3)13-6-7-14-17(16(13)24-15)22-11-10-21-14;/h6-7H,4-5,8-11H2,1-3H3;1H. The minimum atomic E-state index is -0.443. The van der Waals surface area contributed by atoms with Gasteiger partial charge in [0.15, 0.2) is 11.3 Å². The molecule has 0 bridgehead atoms. The third kappa shape index (κ3) is 3.85. The zero-order chi connectivity index (χ0) is 17.1. The van der Waals surface area contributed by atoms with Crippen molar-refractivity contribution in [3.63, 3.8) is 0 Å². The summed E-state index contributed by atoms with van der Waals surface area (Å²) in [7, 11) is 0. The van der Waals surface area contributed by atoms with Crippen molar-refractivity contribution in [3.05, 3.63) is 23.5 Å². The fourth-order valence-electron chi connectivity index (χ4n) is 2.86.